The van der Waals surface area contributed by atoms with Gasteiger partial charge in [-0.1, -0.05) is 23.7 Å². The van der Waals surface area contributed by atoms with Gasteiger partial charge in [0.1, 0.15) is 17.3 Å². The van der Waals surface area contributed by atoms with Crippen molar-refractivity contribution in [1.29, 1.82) is 0 Å². The summed E-state index contributed by atoms with van der Waals surface area (Å²) >= 11 is 5.61. The van der Waals surface area contributed by atoms with E-state index in [2.05, 4.69) is 0 Å². The molecule has 2 rings (SSSR count). The summed E-state index contributed by atoms with van der Waals surface area (Å²) in [5, 5.41) is 0.0811. The van der Waals surface area contributed by atoms with Crippen LogP contribution in [0.5, 0.6) is 11.5 Å². The van der Waals surface area contributed by atoms with Crippen LogP contribution in [0.4, 0.5) is 4.39 Å². The van der Waals surface area contributed by atoms with E-state index in [0.717, 1.165) is 11.1 Å². The van der Waals surface area contributed by atoms with E-state index in [1.165, 1.54) is 12.1 Å². The predicted octanol–water partition coefficient (Wildman–Crippen LogP) is 4.04. The topological polar surface area (TPSA) is 35.2 Å². The monoisotopic (exact) mass is 265 g/mol. The minimum Gasteiger partial charge on any atom is -0.457 e. The minimum atomic E-state index is -0.495. The van der Waals surface area contributed by atoms with E-state index in [9.17, 15) is 4.39 Å². The van der Waals surface area contributed by atoms with Crippen LogP contribution >= 0.6 is 11.6 Å². The average Bonchev–Trinajstić information content (AvgIpc) is 2.36. The van der Waals surface area contributed by atoms with E-state index in [1.54, 1.807) is 6.07 Å². The maximum atomic E-state index is 13.3. The van der Waals surface area contributed by atoms with Crippen molar-refractivity contribution in [3.63, 3.8) is 0 Å². The number of hydrogen-bond donors (Lipinski definition) is 1. The van der Waals surface area contributed by atoms with Crippen LogP contribution in [0.25, 0.3) is 0 Å². The molecule has 2 aromatic rings. The SMILES string of the molecule is Cc1cc(CN)ccc1Oc1ccc(Cl)c(F)c1. The van der Waals surface area contributed by atoms with Gasteiger partial charge in [-0.25, -0.2) is 4.39 Å². The van der Waals surface area contributed by atoms with Crippen molar-refractivity contribution < 1.29 is 9.13 Å². The van der Waals surface area contributed by atoms with Crippen molar-refractivity contribution >= 4 is 11.6 Å². The summed E-state index contributed by atoms with van der Waals surface area (Å²) in [6, 6.07) is 10.0. The van der Waals surface area contributed by atoms with Crippen molar-refractivity contribution in [2.75, 3.05) is 0 Å². The molecular formula is C14H13ClFNO. The van der Waals surface area contributed by atoms with E-state index >= 15 is 0 Å². The highest BCUT2D eigenvalue weighted by atomic mass is 35.5. The quantitative estimate of drug-likeness (QED) is 0.909. The van der Waals surface area contributed by atoms with Gasteiger partial charge in [-0.15, -0.1) is 0 Å². The first kappa shape index (κ1) is 12.9. The van der Waals surface area contributed by atoms with E-state index in [1.807, 2.05) is 25.1 Å². The molecular weight excluding hydrogens is 253 g/mol. The number of halogens is 2. The van der Waals surface area contributed by atoms with Crippen LogP contribution in [0.15, 0.2) is 36.4 Å². The van der Waals surface area contributed by atoms with Gasteiger partial charge in [0.25, 0.3) is 0 Å². The fourth-order valence-electron chi connectivity index (χ4n) is 1.62. The molecule has 0 saturated heterocycles. The Morgan fingerprint density at radius 3 is 2.61 bits per heavy atom. The molecule has 94 valence electrons. The third kappa shape index (κ3) is 2.81. The standard InChI is InChI=1S/C14H13ClFNO/c1-9-6-10(8-17)2-5-14(9)18-11-3-4-12(15)13(16)7-11/h2-7H,8,17H2,1H3. The third-order valence-corrected chi connectivity index (χ3v) is 2.90. The zero-order valence-electron chi connectivity index (χ0n) is 9.91. The first-order chi connectivity index (χ1) is 8.60. The van der Waals surface area contributed by atoms with Crippen molar-refractivity contribution in [3.05, 3.63) is 58.4 Å². The van der Waals surface area contributed by atoms with Crippen LogP contribution < -0.4 is 10.5 Å². The van der Waals surface area contributed by atoms with Gasteiger partial charge < -0.3 is 10.5 Å². The largest absolute Gasteiger partial charge is 0.457 e. The first-order valence-electron chi connectivity index (χ1n) is 5.52. The number of nitrogens with two attached hydrogens (primary N) is 1. The van der Waals surface area contributed by atoms with Crippen LogP contribution in [0.1, 0.15) is 11.1 Å². The Kier molecular flexibility index (Phi) is 3.84. The maximum absolute atomic E-state index is 13.3. The van der Waals surface area contributed by atoms with Gasteiger partial charge in [0, 0.05) is 12.6 Å². The molecule has 0 saturated carbocycles. The smallest absolute Gasteiger partial charge is 0.145 e. The molecule has 0 unspecified atom stereocenters. The number of benzene rings is 2. The molecule has 0 aliphatic rings. The molecule has 0 spiro atoms. The lowest BCUT2D eigenvalue weighted by Crippen LogP contribution is -1.97. The highest BCUT2D eigenvalue weighted by Crippen LogP contribution is 2.28. The first-order valence-corrected chi connectivity index (χ1v) is 5.90. The summed E-state index contributed by atoms with van der Waals surface area (Å²) < 4.78 is 18.9. The number of ether oxygens (including phenoxy) is 1. The van der Waals surface area contributed by atoms with Crippen molar-refractivity contribution in [2.24, 2.45) is 5.73 Å². The lowest BCUT2D eigenvalue weighted by molar-refractivity contribution is 0.473. The second-order valence-electron chi connectivity index (χ2n) is 3.98. The molecule has 2 nitrogen and oxygen atoms in total. The molecule has 0 heterocycles. The van der Waals surface area contributed by atoms with Crippen molar-refractivity contribution in [3.8, 4) is 11.5 Å². The predicted molar refractivity (Wildman–Crippen MR) is 70.6 cm³/mol. The van der Waals surface area contributed by atoms with Crippen LogP contribution in [-0.4, -0.2) is 0 Å². The molecule has 4 heteroatoms. The second kappa shape index (κ2) is 5.38. The van der Waals surface area contributed by atoms with E-state index in [-0.39, 0.29) is 5.02 Å². The molecule has 18 heavy (non-hydrogen) atoms. The Morgan fingerprint density at radius 2 is 2.00 bits per heavy atom. The lowest BCUT2D eigenvalue weighted by atomic mass is 10.1. The Balaban J connectivity index is 2.25. The van der Waals surface area contributed by atoms with Crippen molar-refractivity contribution in [2.45, 2.75) is 13.5 Å². The fraction of sp³-hybridized carbons (Fsp3) is 0.143. The molecule has 2 aromatic carbocycles. The zero-order valence-corrected chi connectivity index (χ0v) is 10.7. The highest BCUT2D eigenvalue weighted by Gasteiger charge is 2.05. The van der Waals surface area contributed by atoms with Gasteiger partial charge >= 0.3 is 0 Å². The van der Waals surface area contributed by atoms with Crippen molar-refractivity contribution in [1.82, 2.24) is 0 Å². The van der Waals surface area contributed by atoms with Gasteiger partial charge in [-0.3, -0.25) is 0 Å². The fourth-order valence-corrected chi connectivity index (χ4v) is 1.74. The molecule has 0 bridgehead atoms. The van der Waals surface area contributed by atoms with Gasteiger partial charge in [0.05, 0.1) is 5.02 Å². The number of rotatable bonds is 3. The van der Waals surface area contributed by atoms with E-state index in [4.69, 9.17) is 22.1 Å². The summed E-state index contributed by atoms with van der Waals surface area (Å²) in [7, 11) is 0. The summed E-state index contributed by atoms with van der Waals surface area (Å²) in [5.41, 5.74) is 7.53. The van der Waals surface area contributed by atoms with Crippen LogP contribution in [-0.2, 0) is 6.54 Å². The summed E-state index contributed by atoms with van der Waals surface area (Å²) in [5.74, 6) is 0.597. The Hall–Kier alpha value is -1.58. The lowest BCUT2D eigenvalue weighted by Gasteiger charge is -2.10. The maximum Gasteiger partial charge on any atom is 0.145 e. The molecule has 0 aromatic heterocycles. The summed E-state index contributed by atoms with van der Waals surface area (Å²) in [6.07, 6.45) is 0. The Bertz CT molecular complexity index is 572. The second-order valence-corrected chi connectivity index (χ2v) is 4.39. The van der Waals surface area contributed by atoms with Gasteiger partial charge in [-0.05, 0) is 36.2 Å². The molecule has 2 N–H and O–H groups in total. The Morgan fingerprint density at radius 1 is 1.22 bits per heavy atom. The molecule has 0 fully saturated rings. The van der Waals surface area contributed by atoms with Crippen LogP contribution in [0, 0.1) is 12.7 Å². The normalized spacial score (nSPS) is 10.4. The summed E-state index contributed by atoms with van der Waals surface area (Å²) in [4.78, 5) is 0. The number of aryl methyl sites for hydroxylation is 1. The van der Waals surface area contributed by atoms with Gasteiger partial charge in [0.15, 0.2) is 0 Å². The van der Waals surface area contributed by atoms with Crippen LogP contribution in [0.3, 0.4) is 0 Å². The average molecular weight is 266 g/mol. The third-order valence-electron chi connectivity index (χ3n) is 2.59. The van der Waals surface area contributed by atoms with E-state index in [0.29, 0.717) is 18.0 Å². The van der Waals surface area contributed by atoms with Crippen LogP contribution in [0.2, 0.25) is 5.02 Å². The van der Waals surface area contributed by atoms with Gasteiger partial charge in [-0.2, -0.15) is 0 Å². The highest BCUT2D eigenvalue weighted by molar-refractivity contribution is 6.30. The molecule has 0 radical (unpaired) electrons. The summed E-state index contributed by atoms with van der Waals surface area (Å²) in [6.45, 7) is 2.40. The Labute approximate surface area is 110 Å². The molecule has 0 amide bonds. The van der Waals surface area contributed by atoms with Gasteiger partial charge in [0.2, 0.25) is 0 Å². The molecule has 0 aliphatic heterocycles. The minimum absolute atomic E-state index is 0.0811. The molecule has 0 aliphatic carbocycles. The zero-order chi connectivity index (χ0) is 13.1. The molecule has 0 atom stereocenters. The van der Waals surface area contributed by atoms with E-state index < -0.39 is 5.82 Å². The number of hydrogen-bond acceptors (Lipinski definition) is 2.